The summed E-state index contributed by atoms with van der Waals surface area (Å²) in [5.41, 5.74) is 1.60. The van der Waals surface area contributed by atoms with Gasteiger partial charge in [-0.1, -0.05) is 6.07 Å². The van der Waals surface area contributed by atoms with E-state index in [2.05, 4.69) is 10.3 Å². The number of pyridine rings is 1. The lowest BCUT2D eigenvalue weighted by Gasteiger charge is -2.07. The first kappa shape index (κ1) is 12.2. The molecule has 3 aromatic heterocycles. The first-order valence-corrected chi connectivity index (χ1v) is 6.14. The Morgan fingerprint density at radius 3 is 2.70 bits per heavy atom. The van der Waals surface area contributed by atoms with E-state index in [9.17, 15) is 4.79 Å². The first-order valence-electron chi connectivity index (χ1n) is 6.14. The molecule has 3 heterocycles. The van der Waals surface area contributed by atoms with Gasteiger partial charge in [0, 0.05) is 18.3 Å². The maximum absolute atomic E-state index is 11.8. The fourth-order valence-corrected chi connectivity index (χ4v) is 1.89. The second-order valence-corrected chi connectivity index (χ2v) is 4.15. The zero-order chi connectivity index (χ0) is 13.8. The summed E-state index contributed by atoms with van der Waals surface area (Å²) in [5, 5.41) is 2.79. The number of nitrogens with zero attached hydrogens (tertiary/aromatic N) is 1. The van der Waals surface area contributed by atoms with Crippen LogP contribution in [0.2, 0.25) is 0 Å². The van der Waals surface area contributed by atoms with Crippen LogP contribution in [0.25, 0.3) is 11.5 Å². The molecule has 0 aliphatic heterocycles. The molecule has 0 saturated carbocycles. The third kappa shape index (κ3) is 2.47. The Hall–Kier alpha value is -2.82. The lowest BCUT2D eigenvalue weighted by Crippen LogP contribution is -2.22. The minimum Gasteiger partial charge on any atom is -0.463 e. The van der Waals surface area contributed by atoms with Gasteiger partial charge in [0.1, 0.15) is 5.69 Å². The molecular weight excluding hydrogens is 256 g/mol. The molecule has 0 aliphatic carbocycles. The van der Waals surface area contributed by atoms with Crippen LogP contribution in [-0.2, 0) is 6.54 Å². The van der Waals surface area contributed by atoms with Crippen LogP contribution in [0.3, 0.4) is 0 Å². The van der Waals surface area contributed by atoms with Crippen molar-refractivity contribution in [2.45, 2.75) is 6.54 Å². The summed E-state index contributed by atoms with van der Waals surface area (Å²) >= 11 is 0. The van der Waals surface area contributed by atoms with Gasteiger partial charge in [-0.25, -0.2) is 0 Å². The third-order valence-corrected chi connectivity index (χ3v) is 2.83. The summed E-state index contributed by atoms with van der Waals surface area (Å²) in [6.45, 7) is 0.351. The highest BCUT2D eigenvalue weighted by molar-refractivity contribution is 5.91. The van der Waals surface area contributed by atoms with Crippen LogP contribution in [0.15, 0.2) is 64.0 Å². The van der Waals surface area contributed by atoms with E-state index < -0.39 is 0 Å². The molecule has 0 unspecified atom stereocenters. The van der Waals surface area contributed by atoms with Crippen LogP contribution in [-0.4, -0.2) is 10.9 Å². The van der Waals surface area contributed by atoms with Crippen LogP contribution >= 0.6 is 0 Å². The summed E-state index contributed by atoms with van der Waals surface area (Å²) in [5.74, 6) is 0.700. The predicted octanol–water partition coefficient (Wildman–Crippen LogP) is 2.86. The van der Waals surface area contributed by atoms with Crippen LogP contribution in [0, 0.1) is 0 Å². The fraction of sp³-hybridized carbons (Fsp3) is 0.0667. The molecule has 100 valence electrons. The van der Waals surface area contributed by atoms with Gasteiger partial charge >= 0.3 is 0 Å². The van der Waals surface area contributed by atoms with Crippen LogP contribution in [0.1, 0.15) is 16.1 Å². The van der Waals surface area contributed by atoms with E-state index in [4.69, 9.17) is 8.83 Å². The topological polar surface area (TPSA) is 68.3 Å². The summed E-state index contributed by atoms with van der Waals surface area (Å²) in [6, 6.07) is 10.6. The molecule has 0 fully saturated rings. The van der Waals surface area contributed by atoms with Gasteiger partial charge in [-0.2, -0.15) is 0 Å². The number of furan rings is 2. The van der Waals surface area contributed by atoms with Gasteiger partial charge in [0.15, 0.2) is 11.5 Å². The molecule has 0 bridgehead atoms. The van der Waals surface area contributed by atoms with Crippen molar-refractivity contribution in [2.75, 3.05) is 0 Å². The minimum atomic E-state index is -0.260. The van der Waals surface area contributed by atoms with Gasteiger partial charge in [-0.15, -0.1) is 0 Å². The molecule has 3 aromatic rings. The molecule has 0 aromatic carbocycles. The number of carbonyl (C=O) groups excluding carboxylic acids is 1. The van der Waals surface area contributed by atoms with Crippen molar-refractivity contribution in [2.24, 2.45) is 0 Å². The molecule has 20 heavy (non-hydrogen) atoms. The zero-order valence-corrected chi connectivity index (χ0v) is 10.6. The normalized spacial score (nSPS) is 10.4. The molecule has 5 heteroatoms. The number of amides is 1. The van der Waals surface area contributed by atoms with Gasteiger partial charge in [-0.3, -0.25) is 9.78 Å². The first-order chi connectivity index (χ1) is 9.84. The van der Waals surface area contributed by atoms with Crippen molar-refractivity contribution in [3.05, 3.63) is 66.4 Å². The molecule has 3 rings (SSSR count). The lowest BCUT2D eigenvalue weighted by atomic mass is 10.1. The second-order valence-electron chi connectivity index (χ2n) is 4.15. The largest absolute Gasteiger partial charge is 0.463 e. The van der Waals surface area contributed by atoms with E-state index in [1.807, 2.05) is 18.2 Å². The fourth-order valence-electron chi connectivity index (χ4n) is 1.89. The number of aromatic nitrogens is 1. The van der Waals surface area contributed by atoms with Crippen molar-refractivity contribution < 1.29 is 13.6 Å². The van der Waals surface area contributed by atoms with E-state index in [1.165, 1.54) is 6.26 Å². The Morgan fingerprint density at radius 2 is 1.95 bits per heavy atom. The maximum Gasteiger partial charge on any atom is 0.287 e. The highest BCUT2D eigenvalue weighted by Gasteiger charge is 2.12. The average Bonchev–Trinajstić information content (AvgIpc) is 3.17. The summed E-state index contributed by atoms with van der Waals surface area (Å²) < 4.78 is 10.4. The standard InChI is InChI=1S/C15H12N2O3/c18-15(13-6-3-9-20-13)17-10-11-4-1-7-16-14(11)12-5-2-8-19-12/h1-9H,10H2,(H,17,18). The Labute approximate surface area is 115 Å². The second kappa shape index (κ2) is 5.44. The van der Waals surface area contributed by atoms with E-state index in [1.54, 1.807) is 30.7 Å². The van der Waals surface area contributed by atoms with Crippen molar-refractivity contribution >= 4 is 5.91 Å². The van der Waals surface area contributed by atoms with Crippen LogP contribution < -0.4 is 5.32 Å². The van der Waals surface area contributed by atoms with Crippen molar-refractivity contribution in [1.29, 1.82) is 0 Å². The van der Waals surface area contributed by atoms with Crippen molar-refractivity contribution in [3.8, 4) is 11.5 Å². The van der Waals surface area contributed by atoms with Crippen LogP contribution in [0.4, 0.5) is 0 Å². The third-order valence-electron chi connectivity index (χ3n) is 2.83. The van der Waals surface area contributed by atoms with Gasteiger partial charge in [0.2, 0.25) is 0 Å². The van der Waals surface area contributed by atoms with Gasteiger partial charge in [0.05, 0.1) is 12.5 Å². The minimum absolute atomic E-state index is 0.260. The summed E-state index contributed by atoms with van der Waals surface area (Å²) in [7, 11) is 0. The van der Waals surface area contributed by atoms with Gasteiger partial charge < -0.3 is 14.2 Å². The maximum atomic E-state index is 11.8. The molecule has 1 N–H and O–H groups in total. The van der Waals surface area contributed by atoms with E-state index in [0.29, 0.717) is 12.3 Å². The molecule has 1 amide bonds. The molecular formula is C15H12N2O3. The molecule has 0 aliphatic rings. The quantitative estimate of drug-likeness (QED) is 0.790. The number of hydrogen-bond donors (Lipinski definition) is 1. The number of nitrogens with one attached hydrogen (secondary N) is 1. The lowest BCUT2D eigenvalue weighted by molar-refractivity contribution is 0.0923. The molecule has 0 saturated heterocycles. The molecule has 5 nitrogen and oxygen atoms in total. The Balaban J connectivity index is 1.77. The zero-order valence-electron chi connectivity index (χ0n) is 10.6. The summed E-state index contributed by atoms with van der Waals surface area (Å²) in [6.07, 6.45) is 4.75. The number of rotatable bonds is 4. The SMILES string of the molecule is O=C(NCc1cccnc1-c1ccco1)c1ccco1. The molecule has 0 radical (unpaired) electrons. The number of carbonyl (C=O) groups is 1. The Bertz CT molecular complexity index is 688. The van der Waals surface area contributed by atoms with E-state index in [0.717, 1.165) is 11.3 Å². The monoisotopic (exact) mass is 268 g/mol. The predicted molar refractivity (Wildman–Crippen MR) is 71.8 cm³/mol. The summed E-state index contributed by atoms with van der Waals surface area (Å²) in [4.78, 5) is 16.1. The smallest absolute Gasteiger partial charge is 0.287 e. The highest BCUT2D eigenvalue weighted by atomic mass is 16.3. The Kier molecular flexibility index (Phi) is 3.33. The highest BCUT2D eigenvalue weighted by Crippen LogP contribution is 2.21. The molecule has 0 atom stereocenters. The van der Waals surface area contributed by atoms with E-state index >= 15 is 0 Å². The van der Waals surface area contributed by atoms with Crippen molar-refractivity contribution in [3.63, 3.8) is 0 Å². The number of hydrogen-bond acceptors (Lipinski definition) is 4. The average molecular weight is 268 g/mol. The van der Waals surface area contributed by atoms with Crippen molar-refractivity contribution in [1.82, 2.24) is 10.3 Å². The Morgan fingerprint density at radius 1 is 1.10 bits per heavy atom. The van der Waals surface area contributed by atoms with Crippen LogP contribution in [0.5, 0.6) is 0 Å². The van der Waals surface area contributed by atoms with E-state index in [-0.39, 0.29) is 11.7 Å². The van der Waals surface area contributed by atoms with Gasteiger partial charge in [-0.05, 0) is 30.3 Å². The van der Waals surface area contributed by atoms with Gasteiger partial charge in [0.25, 0.3) is 5.91 Å². The molecule has 0 spiro atoms.